The minimum Gasteiger partial charge on any atom is -0.508 e. The van der Waals surface area contributed by atoms with E-state index >= 15 is 0 Å². The monoisotopic (exact) mass is 539 g/mol. The molecule has 0 saturated heterocycles. The van der Waals surface area contributed by atoms with Gasteiger partial charge in [-0.05, 0) is 70.8 Å². The van der Waals surface area contributed by atoms with Gasteiger partial charge in [-0.2, -0.15) is 4.91 Å². The summed E-state index contributed by atoms with van der Waals surface area (Å²) >= 11 is 0. The molecule has 4 rings (SSSR count). The molecule has 0 bridgehead atoms. The maximum Gasteiger partial charge on any atom is 0.160 e. The van der Waals surface area contributed by atoms with Gasteiger partial charge in [-0.15, -0.1) is 0 Å². The number of phenolic OH excluding ortho intramolecular Hbond substituents is 1. The van der Waals surface area contributed by atoms with E-state index in [4.69, 9.17) is 14.2 Å². The van der Waals surface area contributed by atoms with Gasteiger partial charge in [-0.3, -0.25) is 0 Å². The van der Waals surface area contributed by atoms with Crippen LogP contribution in [0.1, 0.15) is 49.9 Å². The van der Waals surface area contributed by atoms with E-state index in [9.17, 15) is 10.0 Å². The van der Waals surface area contributed by atoms with E-state index in [-0.39, 0.29) is 29.8 Å². The molecule has 4 aromatic carbocycles. The van der Waals surface area contributed by atoms with Crippen molar-refractivity contribution < 1.29 is 19.3 Å². The fraction of sp³-hybridized carbons (Fsp3) is 0.294. The Morgan fingerprint density at radius 1 is 0.600 bits per heavy atom. The fourth-order valence-electron chi connectivity index (χ4n) is 4.65. The molecular formula is C34H37NO5. The topological polar surface area (TPSA) is 77.3 Å². The van der Waals surface area contributed by atoms with Crippen LogP contribution in [0.5, 0.6) is 23.0 Å². The van der Waals surface area contributed by atoms with Crippen molar-refractivity contribution in [1.82, 2.24) is 0 Å². The minimum atomic E-state index is -0.650. The van der Waals surface area contributed by atoms with Gasteiger partial charge in [-0.25, -0.2) is 0 Å². The van der Waals surface area contributed by atoms with E-state index in [1.165, 1.54) is 5.56 Å². The second-order valence-electron chi connectivity index (χ2n) is 11.0. The van der Waals surface area contributed by atoms with Crippen LogP contribution in [0.4, 0.5) is 0 Å². The van der Waals surface area contributed by atoms with Gasteiger partial charge in [0.15, 0.2) is 6.04 Å². The Morgan fingerprint density at radius 3 is 1.25 bits per heavy atom. The number of benzene rings is 4. The van der Waals surface area contributed by atoms with Crippen LogP contribution in [-0.4, -0.2) is 31.5 Å². The molecule has 40 heavy (non-hydrogen) atoms. The number of hydrogen-bond donors (Lipinski definition) is 1. The quantitative estimate of drug-likeness (QED) is 0.187. The molecule has 0 heterocycles. The largest absolute Gasteiger partial charge is 0.508 e. The van der Waals surface area contributed by atoms with E-state index in [1.54, 1.807) is 19.2 Å². The molecule has 0 spiro atoms. The Bertz CT molecular complexity index is 1380. The Kier molecular flexibility index (Phi) is 8.78. The summed E-state index contributed by atoms with van der Waals surface area (Å²) < 4.78 is 17.0. The average molecular weight is 540 g/mol. The lowest BCUT2D eigenvalue weighted by Gasteiger charge is -2.26. The summed E-state index contributed by atoms with van der Waals surface area (Å²) in [5, 5.41) is 12.8. The van der Waals surface area contributed by atoms with Crippen molar-refractivity contribution >= 4 is 0 Å². The van der Waals surface area contributed by atoms with Crippen LogP contribution in [0.3, 0.4) is 0 Å². The SMILES string of the molecule is COc1ccc(C(C)(C)c2ccc(OCC(COc3ccc(C(C)(C)c4ccc(O)cc4)cc3)N=O)cc2)cc1. The molecule has 0 aliphatic heterocycles. The van der Waals surface area contributed by atoms with Crippen LogP contribution < -0.4 is 14.2 Å². The molecule has 6 heteroatoms. The first-order chi connectivity index (χ1) is 19.1. The third-order valence-corrected chi connectivity index (χ3v) is 7.59. The van der Waals surface area contributed by atoms with Crippen LogP contribution in [-0.2, 0) is 10.8 Å². The zero-order valence-corrected chi connectivity index (χ0v) is 23.8. The zero-order chi connectivity index (χ0) is 28.8. The lowest BCUT2D eigenvalue weighted by atomic mass is 9.78. The highest BCUT2D eigenvalue weighted by Gasteiger charge is 2.24. The Hall–Kier alpha value is -4.32. The highest BCUT2D eigenvalue weighted by atomic mass is 16.5. The van der Waals surface area contributed by atoms with E-state index < -0.39 is 6.04 Å². The second-order valence-corrected chi connectivity index (χ2v) is 11.0. The first-order valence-corrected chi connectivity index (χ1v) is 13.4. The second kappa shape index (κ2) is 12.2. The summed E-state index contributed by atoms with van der Waals surface area (Å²) in [7, 11) is 1.66. The molecule has 0 aromatic heterocycles. The molecule has 208 valence electrons. The van der Waals surface area contributed by atoms with Gasteiger partial charge >= 0.3 is 0 Å². The van der Waals surface area contributed by atoms with E-state index in [1.807, 2.05) is 72.8 Å². The van der Waals surface area contributed by atoms with Crippen molar-refractivity contribution in [2.75, 3.05) is 20.3 Å². The molecular weight excluding hydrogens is 502 g/mol. The van der Waals surface area contributed by atoms with Gasteiger partial charge in [0, 0.05) is 10.8 Å². The van der Waals surface area contributed by atoms with Crippen LogP contribution >= 0.6 is 0 Å². The number of methoxy groups -OCH3 is 1. The summed E-state index contributed by atoms with van der Waals surface area (Å²) in [4.78, 5) is 11.5. The van der Waals surface area contributed by atoms with Crippen LogP contribution in [0.25, 0.3) is 0 Å². The minimum absolute atomic E-state index is 0.118. The lowest BCUT2D eigenvalue weighted by Crippen LogP contribution is -2.23. The molecule has 1 atom stereocenters. The van der Waals surface area contributed by atoms with Crippen molar-refractivity contribution in [2.24, 2.45) is 5.18 Å². The third-order valence-electron chi connectivity index (χ3n) is 7.59. The standard InChI is InChI=1S/C34H37NO5/c1-33(2,24-6-14-29(36)15-7-24)26-10-18-31(19-11-26)39-22-28(35-37)23-40-32-20-12-27(13-21-32)34(3,4)25-8-16-30(38-5)17-9-25/h6-21,28,36H,22-23H2,1-5H3. The number of nitrogens with zero attached hydrogens (tertiary/aromatic N) is 1. The molecule has 4 aromatic rings. The van der Waals surface area contributed by atoms with E-state index in [0.29, 0.717) is 11.5 Å². The molecule has 0 amide bonds. The van der Waals surface area contributed by atoms with Crippen molar-refractivity contribution in [2.45, 2.75) is 44.6 Å². The van der Waals surface area contributed by atoms with Gasteiger partial charge < -0.3 is 19.3 Å². The van der Waals surface area contributed by atoms with Crippen LogP contribution in [0, 0.1) is 4.91 Å². The van der Waals surface area contributed by atoms with Gasteiger partial charge in [0.1, 0.15) is 36.2 Å². The average Bonchev–Trinajstić information content (AvgIpc) is 2.98. The number of ether oxygens (including phenoxy) is 3. The summed E-state index contributed by atoms with van der Waals surface area (Å²) in [6, 6.07) is 30.4. The molecule has 0 aliphatic rings. The maximum absolute atomic E-state index is 11.5. The number of aromatic hydroxyl groups is 1. The molecule has 0 radical (unpaired) electrons. The molecule has 0 saturated carbocycles. The Labute approximate surface area is 236 Å². The van der Waals surface area contributed by atoms with Crippen molar-refractivity contribution in [3.8, 4) is 23.0 Å². The highest BCUT2D eigenvalue weighted by molar-refractivity contribution is 5.43. The third kappa shape index (κ3) is 6.63. The summed E-state index contributed by atoms with van der Waals surface area (Å²) in [6.45, 7) is 8.85. The molecule has 0 fully saturated rings. The number of rotatable bonds is 12. The predicted octanol–water partition coefficient (Wildman–Crippen LogP) is 7.65. The first-order valence-electron chi connectivity index (χ1n) is 13.4. The zero-order valence-electron chi connectivity index (χ0n) is 23.8. The molecule has 1 N–H and O–H groups in total. The number of phenols is 1. The smallest absolute Gasteiger partial charge is 0.160 e. The Morgan fingerprint density at radius 2 is 0.925 bits per heavy atom. The summed E-state index contributed by atoms with van der Waals surface area (Å²) in [6.07, 6.45) is 0. The number of hydrogen-bond acceptors (Lipinski definition) is 6. The normalized spacial score (nSPS) is 12.4. The lowest BCUT2D eigenvalue weighted by molar-refractivity contribution is 0.220. The predicted molar refractivity (Wildman–Crippen MR) is 159 cm³/mol. The summed E-state index contributed by atoms with van der Waals surface area (Å²) in [5.74, 6) is 2.40. The first kappa shape index (κ1) is 28.7. The van der Waals surface area contributed by atoms with Crippen LogP contribution in [0.2, 0.25) is 0 Å². The summed E-state index contributed by atoms with van der Waals surface area (Å²) in [5.41, 5.74) is 4.10. The van der Waals surface area contributed by atoms with E-state index in [0.717, 1.165) is 22.4 Å². The van der Waals surface area contributed by atoms with E-state index in [2.05, 4.69) is 45.0 Å². The van der Waals surface area contributed by atoms with Crippen molar-refractivity contribution in [3.63, 3.8) is 0 Å². The molecule has 6 nitrogen and oxygen atoms in total. The maximum atomic E-state index is 11.5. The van der Waals surface area contributed by atoms with Crippen molar-refractivity contribution in [3.05, 3.63) is 124 Å². The van der Waals surface area contributed by atoms with Gasteiger partial charge in [-0.1, -0.05) is 81.4 Å². The van der Waals surface area contributed by atoms with Gasteiger partial charge in [0.2, 0.25) is 0 Å². The molecule has 0 aliphatic carbocycles. The molecule has 1 unspecified atom stereocenters. The van der Waals surface area contributed by atoms with Gasteiger partial charge in [0.05, 0.1) is 7.11 Å². The van der Waals surface area contributed by atoms with Gasteiger partial charge in [0.25, 0.3) is 0 Å². The Balaban J connectivity index is 1.31. The highest BCUT2D eigenvalue weighted by Crippen LogP contribution is 2.34. The fourth-order valence-corrected chi connectivity index (χ4v) is 4.65. The van der Waals surface area contributed by atoms with Crippen LogP contribution in [0.15, 0.2) is 102 Å². The van der Waals surface area contributed by atoms with Crippen molar-refractivity contribution in [1.29, 1.82) is 0 Å². The number of nitroso groups, excluding NO2 is 1.